The highest BCUT2D eigenvalue weighted by atomic mass is 79.9. The van der Waals surface area contributed by atoms with Gasteiger partial charge >= 0.3 is 0 Å². The zero-order valence-corrected chi connectivity index (χ0v) is 14.4. The summed E-state index contributed by atoms with van der Waals surface area (Å²) < 4.78 is 2.32. The highest BCUT2D eigenvalue weighted by Gasteiger charge is 2.41. The van der Waals surface area contributed by atoms with Gasteiger partial charge in [-0.25, -0.2) is 0 Å². The first-order valence-corrected chi connectivity index (χ1v) is 8.81. The number of thioether (sulfide) groups is 1. The van der Waals surface area contributed by atoms with Crippen LogP contribution in [0.5, 0.6) is 0 Å². The van der Waals surface area contributed by atoms with E-state index in [1.54, 1.807) is 11.8 Å². The van der Waals surface area contributed by atoms with Crippen LogP contribution < -0.4 is 4.57 Å². The lowest BCUT2D eigenvalue weighted by molar-refractivity contribution is -0.752. The van der Waals surface area contributed by atoms with Crippen molar-refractivity contribution in [3.63, 3.8) is 0 Å². The number of rotatable bonds is 2. The Morgan fingerprint density at radius 2 is 2.05 bits per heavy atom. The van der Waals surface area contributed by atoms with Gasteiger partial charge in [0.15, 0.2) is 11.7 Å². The maximum Gasteiger partial charge on any atom is 0.259 e. The van der Waals surface area contributed by atoms with Crippen LogP contribution in [0, 0.1) is 25.2 Å². The molecule has 106 valence electrons. The minimum Gasteiger partial charge on any atom is -0.192 e. The Hall–Kier alpha value is -1.31. The summed E-state index contributed by atoms with van der Waals surface area (Å²) in [6.07, 6.45) is 0. The fourth-order valence-corrected chi connectivity index (χ4v) is 5.32. The zero-order valence-electron chi connectivity index (χ0n) is 12.0. The van der Waals surface area contributed by atoms with Gasteiger partial charge in [-0.3, -0.25) is 0 Å². The maximum atomic E-state index is 9.43. The third-order valence-corrected chi connectivity index (χ3v) is 6.24. The molecule has 0 aliphatic carbocycles. The van der Waals surface area contributed by atoms with Crippen LogP contribution in [0.3, 0.4) is 0 Å². The van der Waals surface area contributed by atoms with Crippen molar-refractivity contribution < 1.29 is 4.57 Å². The van der Waals surface area contributed by atoms with Gasteiger partial charge in [-0.15, -0.1) is 0 Å². The third kappa shape index (κ3) is 2.49. The van der Waals surface area contributed by atoms with Crippen LogP contribution in [0.1, 0.15) is 33.3 Å². The molecule has 1 aliphatic heterocycles. The van der Waals surface area contributed by atoms with Gasteiger partial charge in [0.25, 0.3) is 5.03 Å². The topological polar surface area (TPSA) is 27.7 Å². The Labute approximate surface area is 137 Å². The standard InChI is InChI=1S/C17H16BrN2S/c1-11-8-12(2)20-15(10-21-17(20)14(11)9-19)16(18)13-6-4-3-5-7-13/h3-8,15-16H,10H2,1-2H3/q+1/t15-,16-/m0/s1. The Kier molecular flexibility index (Phi) is 4.05. The molecule has 1 aliphatic rings. The summed E-state index contributed by atoms with van der Waals surface area (Å²) in [5.74, 6) is 0.990. The molecule has 0 fully saturated rings. The van der Waals surface area contributed by atoms with Gasteiger partial charge in [-0.05, 0) is 29.8 Å². The average molecular weight is 360 g/mol. The first-order valence-electron chi connectivity index (χ1n) is 6.91. The van der Waals surface area contributed by atoms with Crippen molar-refractivity contribution in [1.82, 2.24) is 0 Å². The van der Waals surface area contributed by atoms with Crippen molar-refractivity contribution in [2.75, 3.05) is 5.75 Å². The minimum absolute atomic E-state index is 0.255. The van der Waals surface area contributed by atoms with Crippen molar-refractivity contribution >= 4 is 27.7 Å². The molecular weight excluding hydrogens is 344 g/mol. The third-order valence-electron chi connectivity index (χ3n) is 3.92. The molecule has 2 atom stereocenters. The zero-order chi connectivity index (χ0) is 15.0. The summed E-state index contributed by atoms with van der Waals surface area (Å²) >= 11 is 5.65. The molecule has 2 nitrogen and oxygen atoms in total. The lowest BCUT2D eigenvalue weighted by Crippen LogP contribution is -2.44. The fraction of sp³-hybridized carbons (Fsp3) is 0.294. The van der Waals surface area contributed by atoms with Crippen LogP contribution in [0.15, 0.2) is 41.4 Å². The number of aromatic nitrogens is 1. The molecular formula is C17H16BrN2S+. The van der Waals surface area contributed by atoms with Crippen LogP contribution in [0.4, 0.5) is 0 Å². The van der Waals surface area contributed by atoms with Gasteiger partial charge in [0.1, 0.15) is 16.5 Å². The van der Waals surface area contributed by atoms with Crippen molar-refractivity contribution in [1.29, 1.82) is 5.26 Å². The van der Waals surface area contributed by atoms with Crippen LogP contribution in [-0.4, -0.2) is 5.75 Å². The van der Waals surface area contributed by atoms with Gasteiger partial charge in [0, 0.05) is 13.0 Å². The van der Waals surface area contributed by atoms with Gasteiger partial charge in [0.2, 0.25) is 0 Å². The van der Waals surface area contributed by atoms with Gasteiger partial charge < -0.3 is 0 Å². The second-order valence-corrected chi connectivity index (χ2v) is 7.32. The predicted octanol–water partition coefficient (Wildman–Crippen LogP) is 4.25. The molecule has 2 aromatic rings. The molecule has 0 saturated carbocycles. The summed E-state index contributed by atoms with van der Waals surface area (Å²) in [5, 5.41) is 10.5. The first kappa shape index (κ1) is 14.6. The predicted molar refractivity (Wildman–Crippen MR) is 88.7 cm³/mol. The van der Waals surface area contributed by atoms with E-state index in [2.05, 4.69) is 63.8 Å². The normalized spacial score (nSPS) is 18.1. The first-order chi connectivity index (χ1) is 10.1. The van der Waals surface area contributed by atoms with Gasteiger partial charge in [-0.2, -0.15) is 9.83 Å². The lowest BCUT2D eigenvalue weighted by Gasteiger charge is -2.15. The smallest absolute Gasteiger partial charge is 0.192 e. The summed E-state index contributed by atoms with van der Waals surface area (Å²) in [7, 11) is 0. The number of alkyl halides is 1. The number of nitriles is 1. The Balaban J connectivity index is 2.07. The van der Waals surface area contributed by atoms with Gasteiger partial charge in [-0.1, -0.05) is 46.3 Å². The Morgan fingerprint density at radius 1 is 1.33 bits per heavy atom. The van der Waals surface area contributed by atoms with E-state index in [0.29, 0.717) is 6.04 Å². The lowest BCUT2D eigenvalue weighted by atomic mass is 10.0. The van der Waals surface area contributed by atoms with Crippen LogP contribution >= 0.6 is 27.7 Å². The molecule has 0 N–H and O–H groups in total. The quantitative estimate of drug-likeness (QED) is 0.592. The number of fused-ring (bicyclic) bond motifs is 1. The largest absolute Gasteiger partial charge is 0.259 e. The molecule has 0 bridgehead atoms. The summed E-state index contributed by atoms with van der Waals surface area (Å²) in [6, 6.07) is 15.3. The summed E-state index contributed by atoms with van der Waals surface area (Å²) in [5.41, 5.74) is 4.39. The summed E-state index contributed by atoms with van der Waals surface area (Å²) in [4.78, 5) is 0.255. The van der Waals surface area contributed by atoms with Crippen molar-refractivity contribution in [2.45, 2.75) is 29.7 Å². The van der Waals surface area contributed by atoms with E-state index in [1.165, 1.54) is 11.3 Å². The molecule has 3 rings (SSSR count). The van der Waals surface area contributed by atoms with Crippen LogP contribution in [0.2, 0.25) is 0 Å². The van der Waals surface area contributed by atoms with E-state index in [4.69, 9.17) is 0 Å². The van der Waals surface area contributed by atoms with Crippen LogP contribution in [-0.2, 0) is 0 Å². The molecule has 4 heteroatoms. The minimum atomic E-state index is 0.255. The van der Waals surface area contributed by atoms with Gasteiger partial charge in [0.05, 0.1) is 5.75 Å². The number of halogens is 1. The van der Waals surface area contributed by atoms with Crippen molar-refractivity contribution in [2.24, 2.45) is 0 Å². The number of aryl methyl sites for hydroxylation is 2. The maximum absolute atomic E-state index is 9.43. The van der Waals surface area contributed by atoms with E-state index in [0.717, 1.165) is 21.9 Å². The monoisotopic (exact) mass is 359 g/mol. The SMILES string of the molecule is Cc1cc(C)[n+]2c(c1C#N)SC[C@H]2[C@@H](Br)c1ccccc1. The summed E-state index contributed by atoms with van der Waals surface area (Å²) in [6.45, 7) is 4.14. The average Bonchev–Trinajstić information content (AvgIpc) is 2.93. The fourth-order valence-electron chi connectivity index (χ4n) is 2.91. The van der Waals surface area contributed by atoms with Crippen molar-refractivity contribution in [3.8, 4) is 6.07 Å². The van der Waals surface area contributed by atoms with Crippen molar-refractivity contribution in [3.05, 3.63) is 58.8 Å². The molecule has 2 heterocycles. The number of nitrogens with zero attached hydrogens (tertiary/aromatic N) is 2. The highest BCUT2D eigenvalue weighted by molar-refractivity contribution is 9.09. The molecule has 0 unspecified atom stereocenters. The van der Waals surface area contributed by atoms with E-state index in [9.17, 15) is 5.26 Å². The number of hydrogen-bond acceptors (Lipinski definition) is 2. The molecule has 0 radical (unpaired) electrons. The number of hydrogen-bond donors (Lipinski definition) is 0. The molecule has 1 aromatic heterocycles. The van der Waals surface area contributed by atoms with E-state index < -0.39 is 0 Å². The van der Waals surface area contributed by atoms with E-state index in [-0.39, 0.29) is 4.83 Å². The Morgan fingerprint density at radius 3 is 2.71 bits per heavy atom. The van der Waals surface area contributed by atoms with Crippen LogP contribution in [0.25, 0.3) is 0 Å². The van der Waals surface area contributed by atoms with E-state index in [1.807, 2.05) is 13.0 Å². The second-order valence-electron chi connectivity index (χ2n) is 5.32. The second kappa shape index (κ2) is 5.82. The molecule has 0 spiro atoms. The molecule has 0 amide bonds. The number of benzene rings is 1. The highest BCUT2D eigenvalue weighted by Crippen LogP contribution is 2.41. The molecule has 1 aromatic carbocycles. The number of pyridine rings is 1. The van der Waals surface area contributed by atoms with E-state index >= 15 is 0 Å². The molecule has 21 heavy (non-hydrogen) atoms. The molecule has 0 saturated heterocycles. The Bertz CT molecular complexity index is 722.